The topological polar surface area (TPSA) is 48.4 Å². The van der Waals surface area contributed by atoms with E-state index in [4.69, 9.17) is 4.74 Å². The molecule has 2 aromatic rings. The highest BCUT2D eigenvalue weighted by Gasteiger charge is 2.55. The van der Waals surface area contributed by atoms with Gasteiger partial charge in [-0.15, -0.1) is 0 Å². The summed E-state index contributed by atoms with van der Waals surface area (Å²) >= 11 is 0. The van der Waals surface area contributed by atoms with Gasteiger partial charge >= 0.3 is 6.03 Å². The molecule has 3 aliphatic rings. The SMILES string of the molecule is CC(C)Oc1cccc(CN2CC[C@@]3(C[C@@H]2C)C(N2CCCC2)=NC(=O)N3c2cccc(F)c2)c1. The fourth-order valence-electron chi connectivity index (χ4n) is 5.93. The van der Waals surface area contributed by atoms with E-state index in [-0.39, 0.29) is 24.0 Å². The second-order valence-electron chi connectivity index (χ2n) is 10.3. The molecule has 0 aromatic heterocycles. The minimum Gasteiger partial charge on any atom is -0.491 e. The first-order valence-corrected chi connectivity index (χ1v) is 12.8. The van der Waals surface area contributed by atoms with Gasteiger partial charge in [-0.3, -0.25) is 9.80 Å². The first-order chi connectivity index (χ1) is 16.9. The number of carbonyl (C=O) groups is 1. The molecular weight excluding hydrogens is 443 g/mol. The van der Waals surface area contributed by atoms with E-state index in [1.807, 2.05) is 32.0 Å². The number of likely N-dealkylation sites (tertiary alicyclic amines) is 2. The largest absolute Gasteiger partial charge is 0.491 e. The Bertz CT molecular complexity index is 1110. The van der Waals surface area contributed by atoms with Crippen molar-refractivity contribution in [1.82, 2.24) is 9.80 Å². The quantitative estimate of drug-likeness (QED) is 0.572. The molecule has 186 valence electrons. The molecule has 0 aliphatic carbocycles. The molecule has 3 aliphatic heterocycles. The molecule has 2 atom stereocenters. The zero-order valence-electron chi connectivity index (χ0n) is 20.9. The number of hydrogen-bond donors (Lipinski definition) is 0. The van der Waals surface area contributed by atoms with E-state index in [0.717, 1.165) is 63.4 Å². The summed E-state index contributed by atoms with van der Waals surface area (Å²) in [5, 5.41) is 0. The number of amidine groups is 1. The lowest BCUT2D eigenvalue weighted by atomic mass is 9.80. The Hall–Kier alpha value is -2.93. The molecule has 2 amide bonds. The fourth-order valence-corrected chi connectivity index (χ4v) is 5.93. The van der Waals surface area contributed by atoms with Crippen molar-refractivity contribution in [3.8, 4) is 5.75 Å². The maximum Gasteiger partial charge on any atom is 0.350 e. The van der Waals surface area contributed by atoms with Crippen LogP contribution in [0.1, 0.15) is 52.0 Å². The van der Waals surface area contributed by atoms with Crippen molar-refractivity contribution in [3.05, 3.63) is 59.9 Å². The predicted molar refractivity (Wildman–Crippen MR) is 137 cm³/mol. The Balaban J connectivity index is 1.41. The first kappa shape index (κ1) is 23.8. The van der Waals surface area contributed by atoms with Gasteiger partial charge < -0.3 is 9.64 Å². The van der Waals surface area contributed by atoms with E-state index in [2.05, 4.69) is 33.8 Å². The number of nitrogens with zero attached hydrogens (tertiary/aromatic N) is 4. The van der Waals surface area contributed by atoms with Gasteiger partial charge in [-0.25, -0.2) is 9.18 Å². The van der Waals surface area contributed by atoms with Gasteiger partial charge in [0.05, 0.1) is 6.10 Å². The third-order valence-electron chi connectivity index (χ3n) is 7.43. The van der Waals surface area contributed by atoms with Crippen molar-refractivity contribution in [2.75, 3.05) is 24.5 Å². The number of ether oxygens (including phenoxy) is 1. The van der Waals surface area contributed by atoms with E-state index in [9.17, 15) is 9.18 Å². The average Bonchev–Trinajstić information content (AvgIpc) is 3.42. The summed E-state index contributed by atoms with van der Waals surface area (Å²) < 4.78 is 20.1. The number of carbonyl (C=O) groups excluding carboxylic acids is 1. The molecule has 0 N–H and O–H groups in total. The summed E-state index contributed by atoms with van der Waals surface area (Å²) in [5.74, 6) is 1.43. The Morgan fingerprint density at radius 2 is 1.89 bits per heavy atom. The number of rotatable bonds is 5. The summed E-state index contributed by atoms with van der Waals surface area (Å²) in [5.41, 5.74) is 1.25. The Kier molecular flexibility index (Phi) is 6.53. The summed E-state index contributed by atoms with van der Waals surface area (Å²) in [6, 6.07) is 14.6. The highest BCUT2D eigenvalue weighted by atomic mass is 19.1. The molecule has 0 unspecified atom stereocenters. The highest BCUT2D eigenvalue weighted by Crippen LogP contribution is 2.43. The predicted octanol–water partition coefficient (Wildman–Crippen LogP) is 5.47. The standard InChI is InChI=1S/C28H35FN4O2/c1-20(2)35-25-11-6-8-22(16-25)19-32-15-12-28(18-21(32)3)26(31-13-4-5-14-31)30-27(34)33(28)24-10-7-9-23(29)17-24/h6-11,16-17,20-21H,4-5,12-15,18-19H2,1-3H3/t21-,28+/m0/s1. The van der Waals surface area contributed by atoms with Crippen LogP contribution in [0, 0.1) is 5.82 Å². The van der Waals surface area contributed by atoms with Crippen LogP contribution in [0.25, 0.3) is 0 Å². The molecule has 0 radical (unpaired) electrons. The van der Waals surface area contributed by atoms with Gasteiger partial charge in [-0.2, -0.15) is 4.99 Å². The van der Waals surface area contributed by atoms with Crippen LogP contribution >= 0.6 is 0 Å². The van der Waals surface area contributed by atoms with Crippen LogP contribution in [0.15, 0.2) is 53.5 Å². The number of amides is 2. The number of aliphatic imine (C=N–C) groups is 1. The zero-order valence-corrected chi connectivity index (χ0v) is 20.9. The molecule has 0 bridgehead atoms. The van der Waals surface area contributed by atoms with Crippen LogP contribution in [0.2, 0.25) is 0 Å². The van der Waals surface area contributed by atoms with Crippen molar-refractivity contribution in [2.45, 2.75) is 70.7 Å². The molecular formula is C28H35FN4O2. The van der Waals surface area contributed by atoms with E-state index >= 15 is 0 Å². The lowest BCUT2D eigenvalue weighted by Gasteiger charge is -2.49. The number of halogens is 1. The summed E-state index contributed by atoms with van der Waals surface area (Å²) in [4.78, 5) is 24.4. The van der Waals surface area contributed by atoms with Crippen LogP contribution < -0.4 is 9.64 Å². The van der Waals surface area contributed by atoms with Gasteiger partial charge in [0.2, 0.25) is 0 Å². The van der Waals surface area contributed by atoms with Gasteiger partial charge in [0.1, 0.15) is 22.9 Å². The summed E-state index contributed by atoms with van der Waals surface area (Å²) in [7, 11) is 0. The van der Waals surface area contributed by atoms with Crippen molar-refractivity contribution >= 4 is 17.6 Å². The molecule has 5 rings (SSSR count). The maximum absolute atomic E-state index is 14.2. The number of anilines is 1. The average molecular weight is 479 g/mol. The van der Waals surface area contributed by atoms with Crippen molar-refractivity contribution in [3.63, 3.8) is 0 Å². The van der Waals surface area contributed by atoms with Gasteiger partial charge in [0.25, 0.3) is 0 Å². The molecule has 3 heterocycles. The first-order valence-electron chi connectivity index (χ1n) is 12.8. The molecule has 2 saturated heterocycles. The second-order valence-corrected chi connectivity index (χ2v) is 10.3. The van der Waals surface area contributed by atoms with Crippen molar-refractivity contribution in [2.24, 2.45) is 4.99 Å². The zero-order chi connectivity index (χ0) is 24.6. The molecule has 7 heteroatoms. The van der Waals surface area contributed by atoms with Gasteiger partial charge in [-0.05, 0) is 82.3 Å². The smallest absolute Gasteiger partial charge is 0.350 e. The fraction of sp³-hybridized carbons (Fsp3) is 0.500. The summed E-state index contributed by atoms with van der Waals surface area (Å²) in [6.07, 6.45) is 3.87. The van der Waals surface area contributed by atoms with Gasteiger partial charge in [0, 0.05) is 37.9 Å². The molecule has 0 saturated carbocycles. The monoisotopic (exact) mass is 478 g/mol. The normalized spacial score (nSPS) is 25.1. The Morgan fingerprint density at radius 3 is 2.60 bits per heavy atom. The summed E-state index contributed by atoms with van der Waals surface area (Å²) in [6.45, 7) is 9.77. The molecule has 2 aromatic carbocycles. The lowest BCUT2D eigenvalue weighted by Crippen LogP contribution is -2.63. The second kappa shape index (κ2) is 9.61. The molecule has 2 fully saturated rings. The van der Waals surface area contributed by atoms with Crippen LogP contribution in [0.5, 0.6) is 5.75 Å². The minimum absolute atomic E-state index is 0.135. The van der Waals surface area contributed by atoms with E-state index in [0.29, 0.717) is 5.69 Å². The van der Waals surface area contributed by atoms with Crippen LogP contribution in [0.4, 0.5) is 14.9 Å². The van der Waals surface area contributed by atoms with Gasteiger partial charge in [-0.1, -0.05) is 18.2 Å². The van der Waals surface area contributed by atoms with E-state index in [1.165, 1.54) is 17.7 Å². The molecule has 1 spiro atoms. The minimum atomic E-state index is -0.548. The molecule has 6 nitrogen and oxygen atoms in total. The van der Waals surface area contributed by atoms with Crippen molar-refractivity contribution in [1.29, 1.82) is 0 Å². The van der Waals surface area contributed by atoms with Crippen LogP contribution in [-0.2, 0) is 6.54 Å². The molecule has 35 heavy (non-hydrogen) atoms. The third-order valence-corrected chi connectivity index (χ3v) is 7.43. The Morgan fingerprint density at radius 1 is 1.11 bits per heavy atom. The van der Waals surface area contributed by atoms with E-state index in [1.54, 1.807) is 11.0 Å². The van der Waals surface area contributed by atoms with Crippen molar-refractivity contribution < 1.29 is 13.9 Å². The highest BCUT2D eigenvalue weighted by molar-refractivity contribution is 6.16. The van der Waals surface area contributed by atoms with Gasteiger partial charge in [0.15, 0.2) is 0 Å². The Labute approximate surface area is 207 Å². The van der Waals surface area contributed by atoms with Crippen LogP contribution in [0.3, 0.4) is 0 Å². The number of urea groups is 1. The number of benzene rings is 2. The third kappa shape index (κ3) is 4.66. The number of hydrogen-bond acceptors (Lipinski definition) is 4. The van der Waals surface area contributed by atoms with Crippen LogP contribution in [-0.4, -0.2) is 59.0 Å². The maximum atomic E-state index is 14.2. The lowest BCUT2D eigenvalue weighted by molar-refractivity contribution is 0.119. The van der Waals surface area contributed by atoms with E-state index < -0.39 is 5.54 Å². The number of piperidine rings is 1.